The van der Waals surface area contributed by atoms with Crippen molar-refractivity contribution in [3.05, 3.63) is 12.2 Å². The minimum atomic E-state index is -1.53. The van der Waals surface area contributed by atoms with Crippen molar-refractivity contribution in [2.75, 3.05) is 26.4 Å². The molecule has 0 bridgehead atoms. The van der Waals surface area contributed by atoms with Crippen LogP contribution in [0.15, 0.2) is 12.2 Å². The summed E-state index contributed by atoms with van der Waals surface area (Å²) < 4.78 is 22.9. The van der Waals surface area contributed by atoms with E-state index in [1.165, 1.54) is 199 Å². The Balaban J connectivity index is 2.18. The number of aliphatic hydroxyl groups excluding tert-OH is 4. The molecule has 0 saturated carbocycles. The molecule has 0 aromatic heterocycles. The molecular formula is C52H100O9. The van der Waals surface area contributed by atoms with Gasteiger partial charge in [-0.15, -0.1) is 0 Å². The average Bonchev–Trinajstić information content (AvgIpc) is 3.26. The Morgan fingerprint density at radius 1 is 0.508 bits per heavy atom. The zero-order chi connectivity index (χ0) is 44.3. The molecule has 0 aliphatic carbocycles. The van der Waals surface area contributed by atoms with Crippen LogP contribution in [0.3, 0.4) is 0 Å². The molecule has 1 saturated heterocycles. The van der Waals surface area contributed by atoms with Gasteiger partial charge in [-0.25, -0.2) is 0 Å². The average molecular weight is 869 g/mol. The zero-order valence-electron chi connectivity index (χ0n) is 39.9. The van der Waals surface area contributed by atoms with Crippen molar-refractivity contribution in [2.45, 2.75) is 288 Å². The number of hydrogen-bond donors (Lipinski definition) is 4. The highest BCUT2D eigenvalue weighted by Gasteiger charge is 2.44. The lowest BCUT2D eigenvalue weighted by atomic mass is 9.99. The highest BCUT2D eigenvalue weighted by Crippen LogP contribution is 2.23. The number of carbonyl (C=O) groups is 1. The molecule has 0 amide bonds. The Morgan fingerprint density at radius 3 is 1.33 bits per heavy atom. The molecule has 1 rings (SSSR count). The summed E-state index contributed by atoms with van der Waals surface area (Å²) in [5, 5.41) is 40.2. The minimum absolute atomic E-state index is 0.109. The van der Waals surface area contributed by atoms with E-state index in [4.69, 9.17) is 18.9 Å². The SMILES string of the molecule is CCCCCCCC/C=C\CCCCCCCCCC(=O)OC(COCCCCCCCCCCCCCCCCCCCCCCC)COC1OC(CO)C(O)C(O)C1O. The molecule has 61 heavy (non-hydrogen) atoms. The molecule has 9 heteroatoms. The molecule has 0 aromatic rings. The summed E-state index contributed by atoms with van der Waals surface area (Å²) in [7, 11) is 0. The maximum absolute atomic E-state index is 12.8. The molecule has 1 fully saturated rings. The predicted octanol–water partition coefficient (Wildman–Crippen LogP) is 12.8. The second kappa shape index (κ2) is 44.1. The van der Waals surface area contributed by atoms with Gasteiger partial charge in [0.05, 0.1) is 19.8 Å². The largest absolute Gasteiger partial charge is 0.457 e. The van der Waals surface area contributed by atoms with Crippen molar-refractivity contribution in [3.8, 4) is 0 Å². The van der Waals surface area contributed by atoms with E-state index >= 15 is 0 Å². The Hall–Kier alpha value is -1.07. The maximum atomic E-state index is 12.8. The number of carbonyl (C=O) groups excluding carboxylic acids is 1. The van der Waals surface area contributed by atoms with E-state index in [1.54, 1.807) is 0 Å². The molecule has 9 nitrogen and oxygen atoms in total. The lowest BCUT2D eigenvalue weighted by molar-refractivity contribution is -0.305. The molecule has 362 valence electrons. The van der Waals surface area contributed by atoms with Crippen LogP contribution < -0.4 is 0 Å². The highest BCUT2D eigenvalue weighted by atomic mass is 16.7. The molecular weight excluding hydrogens is 769 g/mol. The predicted molar refractivity (Wildman–Crippen MR) is 252 cm³/mol. The van der Waals surface area contributed by atoms with Crippen LogP contribution in [-0.2, 0) is 23.7 Å². The first-order chi connectivity index (χ1) is 29.9. The van der Waals surface area contributed by atoms with Crippen LogP contribution >= 0.6 is 0 Å². The quantitative estimate of drug-likeness (QED) is 0.0268. The van der Waals surface area contributed by atoms with E-state index < -0.39 is 43.4 Å². The topological polar surface area (TPSA) is 135 Å². The molecule has 6 atom stereocenters. The van der Waals surface area contributed by atoms with Gasteiger partial charge in [0.1, 0.15) is 30.5 Å². The summed E-state index contributed by atoms with van der Waals surface area (Å²) in [6, 6.07) is 0. The smallest absolute Gasteiger partial charge is 0.306 e. The van der Waals surface area contributed by atoms with Crippen molar-refractivity contribution in [2.24, 2.45) is 0 Å². The lowest BCUT2D eigenvalue weighted by Gasteiger charge is -2.39. The first-order valence-electron chi connectivity index (χ1n) is 26.3. The minimum Gasteiger partial charge on any atom is -0.457 e. The van der Waals surface area contributed by atoms with Gasteiger partial charge in [0.15, 0.2) is 6.29 Å². The summed E-state index contributed by atoms with van der Waals surface area (Å²) in [5.74, 6) is -0.312. The Labute approximate surface area is 375 Å². The van der Waals surface area contributed by atoms with Crippen LogP contribution in [0.25, 0.3) is 0 Å². The molecule has 1 aliphatic rings. The van der Waals surface area contributed by atoms with Gasteiger partial charge in [-0.1, -0.05) is 219 Å². The van der Waals surface area contributed by atoms with E-state index in [-0.39, 0.29) is 19.2 Å². The van der Waals surface area contributed by atoms with E-state index in [0.29, 0.717) is 13.0 Å². The Morgan fingerprint density at radius 2 is 0.902 bits per heavy atom. The molecule has 1 aliphatic heterocycles. The monoisotopic (exact) mass is 869 g/mol. The first kappa shape index (κ1) is 57.9. The van der Waals surface area contributed by atoms with Crippen LogP contribution in [0.5, 0.6) is 0 Å². The fourth-order valence-corrected chi connectivity index (χ4v) is 8.31. The number of esters is 1. The highest BCUT2D eigenvalue weighted by molar-refractivity contribution is 5.69. The molecule has 1 heterocycles. The standard InChI is InChI=1S/C52H100O9/c1-3-5-7-9-11-13-15-17-19-21-22-23-24-26-28-30-32-34-36-38-40-42-58-44-46(45-59-52-51(57)50(56)49(55)47(43-53)61-52)60-48(54)41-39-37-35-33-31-29-27-25-20-18-16-14-12-10-8-6-4-2/h18,20,46-47,49-53,55-57H,3-17,19,21-45H2,1-2H3/b20-18-. The van der Waals surface area contributed by atoms with Crippen molar-refractivity contribution < 1.29 is 44.2 Å². The summed E-state index contributed by atoms with van der Waals surface area (Å²) in [6.07, 6.45) is 43.9. The van der Waals surface area contributed by atoms with Crippen LogP contribution in [0.1, 0.15) is 251 Å². The molecule has 6 unspecified atom stereocenters. The molecule has 0 spiro atoms. The summed E-state index contributed by atoms with van der Waals surface area (Å²) in [6.45, 7) is 4.61. The molecule has 0 aromatic carbocycles. The number of hydrogen-bond acceptors (Lipinski definition) is 9. The van der Waals surface area contributed by atoms with E-state index in [0.717, 1.165) is 32.1 Å². The Kier molecular flexibility index (Phi) is 41.9. The third-order valence-electron chi connectivity index (χ3n) is 12.4. The van der Waals surface area contributed by atoms with E-state index in [2.05, 4.69) is 26.0 Å². The third-order valence-corrected chi connectivity index (χ3v) is 12.4. The third kappa shape index (κ3) is 34.9. The lowest BCUT2D eigenvalue weighted by Crippen LogP contribution is -2.59. The number of rotatable bonds is 46. The zero-order valence-corrected chi connectivity index (χ0v) is 39.9. The van der Waals surface area contributed by atoms with Crippen molar-refractivity contribution in [3.63, 3.8) is 0 Å². The first-order valence-corrected chi connectivity index (χ1v) is 26.3. The fraction of sp³-hybridized carbons (Fsp3) is 0.942. The van der Waals surface area contributed by atoms with Crippen molar-refractivity contribution >= 4 is 5.97 Å². The van der Waals surface area contributed by atoms with Gasteiger partial charge < -0.3 is 39.4 Å². The van der Waals surface area contributed by atoms with E-state index in [9.17, 15) is 25.2 Å². The van der Waals surface area contributed by atoms with Gasteiger partial charge in [0, 0.05) is 13.0 Å². The number of unbranched alkanes of at least 4 members (excludes halogenated alkanes) is 33. The summed E-state index contributed by atoms with van der Waals surface area (Å²) in [5.41, 5.74) is 0. The van der Waals surface area contributed by atoms with Crippen molar-refractivity contribution in [1.29, 1.82) is 0 Å². The van der Waals surface area contributed by atoms with Gasteiger partial charge in [0.25, 0.3) is 0 Å². The van der Waals surface area contributed by atoms with Gasteiger partial charge >= 0.3 is 5.97 Å². The van der Waals surface area contributed by atoms with Crippen LogP contribution in [0.2, 0.25) is 0 Å². The fourth-order valence-electron chi connectivity index (χ4n) is 8.31. The normalized spacial score (nSPS) is 19.9. The number of aliphatic hydroxyl groups is 4. The number of allylic oxidation sites excluding steroid dienone is 2. The second-order valence-corrected chi connectivity index (χ2v) is 18.3. The van der Waals surface area contributed by atoms with Gasteiger partial charge in [-0.2, -0.15) is 0 Å². The van der Waals surface area contributed by atoms with E-state index in [1.807, 2.05) is 0 Å². The van der Waals surface area contributed by atoms with Gasteiger partial charge in [0.2, 0.25) is 0 Å². The van der Waals surface area contributed by atoms with Crippen LogP contribution in [-0.4, -0.2) is 89.6 Å². The van der Waals surface area contributed by atoms with Gasteiger partial charge in [-0.3, -0.25) is 4.79 Å². The van der Waals surface area contributed by atoms with Crippen LogP contribution in [0, 0.1) is 0 Å². The summed E-state index contributed by atoms with van der Waals surface area (Å²) >= 11 is 0. The van der Waals surface area contributed by atoms with Crippen molar-refractivity contribution in [1.82, 2.24) is 0 Å². The van der Waals surface area contributed by atoms with Gasteiger partial charge in [-0.05, 0) is 38.5 Å². The molecule has 4 N–H and O–H groups in total. The van der Waals surface area contributed by atoms with Crippen LogP contribution in [0.4, 0.5) is 0 Å². The number of ether oxygens (including phenoxy) is 4. The molecule has 0 radical (unpaired) electrons. The summed E-state index contributed by atoms with van der Waals surface area (Å²) in [4.78, 5) is 12.8. The Bertz CT molecular complexity index is 946. The maximum Gasteiger partial charge on any atom is 0.306 e. The second-order valence-electron chi connectivity index (χ2n) is 18.3.